The van der Waals surface area contributed by atoms with Crippen molar-refractivity contribution in [3.8, 4) is 11.3 Å². The van der Waals surface area contributed by atoms with E-state index in [0.717, 1.165) is 17.0 Å². The first-order chi connectivity index (χ1) is 11.7. The normalized spacial score (nSPS) is 9.62. The van der Waals surface area contributed by atoms with Gasteiger partial charge in [0.05, 0.1) is 5.69 Å². The van der Waals surface area contributed by atoms with Crippen molar-refractivity contribution in [1.82, 2.24) is 15.0 Å². The van der Waals surface area contributed by atoms with E-state index < -0.39 is 0 Å². The predicted molar refractivity (Wildman–Crippen MR) is 95.7 cm³/mol. The molecule has 0 bridgehead atoms. The number of nitrogens with zero attached hydrogens (tertiary/aromatic N) is 3. The summed E-state index contributed by atoms with van der Waals surface area (Å²) in [5.74, 6) is 0.203. The number of nitrogens with one attached hydrogen (secondary N) is 1. The van der Waals surface area contributed by atoms with Crippen molar-refractivity contribution in [3.63, 3.8) is 0 Å². The smallest absolute Gasteiger partial charge is 0.275 e. The lowest BCUT2D eigenvalue weighted by Gasteiger charge is -2.06. The molecule has 3 rings (SSSR count). The van der Waals surface area contributed by atoms with Crippen molar-refractivity contribution in [2.45, 2.75) is 20.8 Å². The molecular weight excluding hydrogens is 300 g/mol. The maximum absolute atomic E-state index is 12.2. The van der Waals surface area contributed by atoms with E-state index in [4.69, 9.17) is 0 Å². The lowest BCUT2D eigenvalue weighted by Crippen LogP contribution is -2.15. The van der Waals surface area contributed by atoms with E-state index >= 15 is 0 Å². The molecule has 0 aliphatic carbocycles. The average Bonchev–Trinajstić information content (AvgIpc) is 2.64. The molecule has 3 aromatic heterocycles. The van der Waals surface area contributed by atoms with Crippen LogP contribution >= 0.6 is 0 Å². The van der Waals surface area contributed by atoms with Crippen molar-refractivity contribution >= 4 is 11.7 Å². The van der Waals surface area contributed by atoms with Crippen LogP contribution in [0.2, 0.25) is 0 Å². The van der Waals surface area contributed by atoms with Gasteiger partial charge >= 0.3 is 0 Å². The first kappa shape index (κ1) is 17.3. The summed E-state index contributed by atoms with van der Waals surface area (Å²) in [6.45, 7) is 5.85. The van der Waals surface area contributed by atoms with Gasteiger partial charge in [0, 0.05) is 23.7 Å². The molecule has 0 radical (unpaired) electrons. The maximum atomic E-state index is 12.2. The van der Waals surface area contributed by atoms with Crippen LogP contribution in [0.15, 0.2) is 60.9 Å². The zero-order valence-corrected chi connectivity index (χ0v) is 14.0. The second-order valence-corrected chi connectivity index (χ2v) is 4.77. The van der Waals surface area contributed by atoms with Gasteiger partial charge < -0.3 is 5.32 Å². The summed E-state index contributed by atoms with van der Waals surface area (Å²) >= 11 is 0. The van der Waals surface area contributed by atoms with Gasteiger partial charge in [0.2, 0.25) is 0 Å². The summed E-state index contributed by atoms with van der Waals surface area (Å²) in [5.41, 5.74) is 2.81. The fourth-order valence-electron chi connectivity index (χ4n) is 2.03. The summed E-state index contributed by atoms with van der Waals surface area (Å²) in [4.78, 5) is 24.9. The van der Waals surface area contributed by atoms with E-state index in [0.29, 0.717) is 11.5 Å². The highest BCUT2D eigenvalue weighted by Gasteiger charge is 2.09. The number of pyridine rings is 3. The highest BCUT2D eigenvalue weighted by molar-refractivity contribution is 6.02. The van der Waals surface area contributed by atoms with Gasteiger partial charge in [-0.25, -0.2) is 9.97 Å². The molecule has 3 heterocycles. The van der Waals surface area contributed by atoms with Crippen LogP contribution in [-0.4, -0.2) is 20.9 Å². The predicted octanol–water partition coefficient (Wildman–Crippen LogP) is 4.13. The van der Waals surface area contributed by atoms with Crippen molar-refractivity contribution in [3.05, 3.63) is 72.3 Å². The van der Waals surface area contributed by atoms with Crippen molar-refractivity contribution in [2.24, 2.45) is 0 Å². The van der Waals surface area contributed by atoms with Crippen LogP contribution in [0.4, 0.5) is 5.82 Å². The Labute approximate surface area is 141 Å². The van der Waals surface area contributed by atoms with Gasteiger partial charge in [-0.1, -0.05) is 26.0 Å². The number of carbonyl (C=O) groups excluding carboxylic acids is 1. The van der Waals surface area contributed by atoms with Gasteiger partial charge in [0.25, 0.3) is 5.91 Å². The van der Waals surface area contributed by atoms with Crippen molar-refractivity contribution in [2.75, 3.05) is 5.32 Å². The number of hydrogen-bond acceptors (Lipinski definition) is 4. The lowest BCUT2D eigenvalue weighted by atomic mass is 10.2. The molecule has 0 aromatic carbocycles. The molecule has 0 atom stereocenters. The highest BCUT2D eigenvalue weighted by atomic mass is 16.1. The van der Waals surface area contributed by atoms with E-state index in [1.807, 2.05) is 51.1 Å². The summed E-state index contributed by atoms with van der Waals surface area (Å²) < 4.78 is 0. The fraction of sp³-hybridized carbons (Fsp3) is 0.158. The quantitative estimate of drug-likeness (QED) is 0.788. The van der Waals surface area contributed by atoms with E-state index in [2.05, 4.69) is 20.3 Å². The van der Waals surface area contributed by atoms with Crippen LogP contribution < -0.4 is 5.32 Å². The van der Waals surface area contributed by atoms with Crippen LogP contribution in [0.25, 0.3) is 11.3 Å². The minimum atomic E-state index is -0.278. The van der Waals surface area contributed by atoms with E-state index in [9.17, 15) is 4.79 Å². The van der Waals surface area contributed by atoms with Gasteiger partial charge in [0.15, 0.2) is 0 Å². The van der Waals surface area contributed by atoms with Crippen molar-refractivity contribution < 1.29 is 4.79 Å². The Morgan fingerprint density at radius 1 is 0.958 bits per heavy atom. The minimum Gasteiger partial charge on any atom is -0.305 e. The molecule has 0 fully saturated rings. The second kappa shape index (κ2) is 8.53. The third-order valence-corrected chi connectivity index (χ3v) is 3.07. The number of amides is 1. The first-order valence-corrected chi connectivity index (χ1v) is 7.85. The fourth-order valence-corrected chi connectivity index (χ4v) is 2.03. The van der Waals surface area contributed by atoms with E-state index in [1.165, 1.54) is 0 Å². The number of rotatable bonds is 3. The molecule has 1 N–H and O–H groups in total. The molecule has 0 unspecified atom stereocenters. The third kappa shape index (κ3) is 4.46. The second-order valence-electron chi connectivity index (χ2n) is 4.77. The Kier molecular flexibility index (Phi) is 6.14. The summed E-state index contributed by atoms with van der Waals surface area (Å²) in [5, 5.41) is 2.76. The Bertz CT molecular complexity index is 803. The molecular formula is C19H20N4O. The molecule has 5 nitrogen and oxygen atoms in total. The lowest BCUT2D eigenvalue weighted by molar-refractivity contribution is 0.102. The molecule has 0 spiro atoms. The standard InChI is InChI=1S/C17H14N4O.C2H6/c1-12-5-2-8-15(19-12)17(22)21-16-9-3-7-14(20-16)13-6-4-10-18-11-13;1-2/h2-11H,1H3,(H,20,21,22);1-2H3. The summed E-state index contributed by atoms with van der Waals surface area (Å²) in [7, 11) is 0. The molecule has 0 aliphatic rings. The van der Waals surface area contributed by atoms with Crippen LogP contribution in [0.3, 0.4) is 0 Å². The van der Waals surface area contributed by atoms with Gasteiger partial charge in [-0.05, 0) is 43.3 Å². The first-order valence-electron chi connectivity index (χ1n) is 7.85. The number of carbonyl (C=O) groups is 1. The summed E-state index contributed by atoms with van der Waals surface area (Å²) in [6, 6.07) is 14.5. The molecule has 24 heavy (non-hydrogen) atoms. The van der Waals surface area contributed by atoms with Crippen LogP contribution in [0.1, 0.15) is 30.0 Å². The third-order valence-electron chi connectivity index (χ3n) is 3.07. The molecule has 5 heteroatoms. The molecule has 122 valence electrons. The molecule has 0 saturated heterocycles. The number of hydrogen-bond donors (Lipinski definition) is 1. The average molecular weight is 320 g/mol. The molecule has 0 aliphatic heterocycles. The Balaban J connectivity index is 0.00000100. The minimum absolute atomic E-state index is 0.278. The Morgan fingerprint density at radius 3 is 2.46 bits per heavy atom. The van der Waals surface area contributed by atoms with Gasteiger partial charge in [-0.2, -0.15) is 0 Å². The Hall–Kier alpha value is -3.08. The Morgan fingerprint density at radius 2 is 1.75 bits per heavy atom. The number of aromatic nitrogens is 3. The van der Waals surface area contributed by atoms with Crippen molar-refractivity contribution in [1.29, 1.82) is 0 Å². The molecule has 3 aromatic rings. The zero-order chi connectivity index (χ0) is 17.4. The number of aryl methyl sites for hydroxylation is 1. The van der Waals surface area contributed by atoms with Crippen LogP contribution in [0.5, 0.6) is 0 Å². The van der Waals surface area contributed by atoms with Gasteiger partial charge in [0.1, 0.15) is 11.5 Å². The monoisotopic (exact) mass is 320 g/mol. The summed E-state index contributed by atoms with van der Waals surface area (Å²) in [6.07, 6.45) is 3.44. The van der Waals surface area contributed by atoms with Crippen LogP contribution in [0, 0.1) is 6.92 Å². The highest BCUT2D eigenvalue weighted by Crippen LogP contribution is 2.17. The molecule has 1 amide bonds. The van der Waals surface area contributed by atoms with Crippen LogP contribution in [-0.2, 0) is 0 Å². The van der Waals surface area contributed by atoms with Gasteiger partial charge in [-0.3, -0.25) is 9.78 Å². The maximum Gasteiger partial charge on any atom is 0.275 e. The topological polar surface area (TPSA) is 67.8 Å². The van der Waals surface area contributed by atoms with E-state index in [-0.39, 0.29) is 5.91 Å². The zero-order valence-electron chi connectivity index (χ0n) is 14.0. The number of anilines is 1. The molecule has 0 saturated carbocycles. The van der Waals surface area contributed by atoms with Gasteiger partial charge in [-0.15, -0.1) is 0 Å². The largest absolute Gasteiger partial charge is 0.305 e. The van der Waals surface area contributed by atoms with E-state index in [1.54, 1.807) is 30.6 Å². The SMILES string of the molecule is CC.Cc1cccc(C(=O)Nc2cccc(-c3cccnc3)n2)n1.